The number of rotatable bonds is 5. The van der Waals surface area contributed by atoms with Crippen LogP contribution in [0.5, 0.6) is 0 Å². The first kappa shape index (κ1) is 12.5. The monoisotopic (exact) mass is 204 g/mol. The van der Waals surface area contributed by atoms with Gasteiger partial charge in [0.2, 0.25) is 5.91 Å². The first-order chi connectivity index (χ1) is 5.95. The number of alkyl halides is 1. The molecule has 4 heteroatoms. The molecule has 3 nitrogen and oxygen atoms in total. The van der Waals surface area contributed by atoms with Crippen LogP contribution in [0.25, 0.3) is 0 Å². The lowest BCUT2D eigenvalue weighted by Crippen LogP contribution is -2.30. The Morgan fingerprint density at radius 3 is 2.54 bits per heavy atom. The van der Waals surface area contributed by atoms with Crippen LogP contribution in [-0.4, -0.2) is 36.9 Å². The standard InChI is InChI=1S/C9H17ClN2O/c1-7(2)9(13)11-6-5-8(10)12(3)4/h8H,1,5-6H2,2-4H3,(H,11,13). The van der Waals surface area contributed by atoms with Crippen molar-refractivity contribution in [2.24, 2.45) is 0 Å². The fourth-order valence-electron chi connectivity index (χ4n) is 0.714. The molecule has 0 saturated heterocycles. The topological polar surface area (TPSA) is 32.3 Å². The SMILES string of the molecule is C=C(C)C(=O)NCCC(Cl)N(C)C. The van der Waals surface area contributed by atoms with Crippen LogP contribution in [0.1, 0.15) is 13.3 Å². The van der Waals surface area contributed by atoms with E-state index in [0.717, 1.165) is 6.42 Å². The van der Waals surface area contributed by atoms with E-state index in [1.165, 1.54) is 0 Å². The smallest absolute Gasteiger partial charge is 0.246 e. The van der Waals surface area contributed by atoms with E-state index in [9.17, 15) is 4.79 Å². The Hall–Kier alpha value is -0.540. The van der Waals surface area contributed by atoms with Crippen molar-refractivity contribution in [3.8, 4) is 0 Å². The van der Waals surface area contributed by atoms with Crippen LogP contribution < -0.4 is 5.32 Å². The lowest BCUT2D eigenvalue weighted by Gasteiger charge is -2.17. The van der Waals surface area contributed by atoms with Gasteiger partial charge in [-0.2, -0.15) is 0 Å². The van der Waals surface area contributed by atoms with Gasteiger partial charge in [-0.05, 0) is 27.4 Å². The number of carbonyl (C=O) groups is 1. The van der Waals surface area contributed by atoms with E-state index >= 15 is 0 Å². The Morgan fingerprint density at radius 1 is 1.62 bits per heavy atom. The molecule has 0 aliphatic heterocycles. The molecular weight excluding hydrogens is 188 g/mol. The summed E-state index contributed by atoms with van der Waals surface area (Å²) in [6.45, 7) is 5.79. The van der Waals surface area contributed by atoms with E-state index in [1.54, 1.807) is 6.92 Å². The molecule has 13 heavy (non-hydrogen) atoms. The highest BCUT2D eigenvalue weighted by Gasteiger charge is 2.07. The Balaban J connectivity index is 3.56. The summed E-state index contributed by atoms with van der Waals surface area (Å²) in [5.41, 5.74) is 0.487. The maximum atomic E-state index is 11.0. The molecule has 0 aliphatic carbocycles. The van der Waals surface area contributed by atoms with E-state index in [1.807, 2.05) is 19.0 Å². The molecule has 0 radical (unpaired) electrons. The van der Waals surface area contributed by atoms with Crippen LogP contribution >= 0.6 is 11.6 Å². The largest absolute Gasteiger partial charge is 0.352 e. The molecule has 0 aromatic heterocycles. The van der Waals surface area contributed by atoms with Crippen molar-refractivity contribution < 1.29 is 4.79 Å². The highest BCUT2D eigenvalue weighted by atomic mass is 35.5. The lowest BCUT2D eigenvalue weighted by atomic mass is 10.3. The maximum Gasteiger partial charge on any atom is 0.246 e. The van der Waals surface area contributed by atoms with Crippen LogP contribution in [0.3, 0.4) is 0 Å². The van der Waals surface area contributed by atoms with Crippen molar-refractivity contribution >= 4 is 17.5 Å². The molecule has 0 fully saturated rings. The number of nitrogens with one attached hydrogen (secondary N) is 1. The van der Waals surface area contributed by atoms with Gasteiger partial charge in [-0.25, -0.2) is 0 Å². The van der Waals surface area contributed by atoms with Crippen molar-refractivity contribution in [2.45, 2.75) is 18.8 Å². The van der Waals surface area contributed by atoms with Gasteiger partial charge in [-0.1, -0.05) is 6.58 Å². The maximum absolute atomic E-state index is 11.0. The molecule has 76 valence electrons. The summed E-state index contributed by atoms with van der Waals surface area (Å²) in [4.78, 5) is 12.9. The van der Waals surface area contributed by atoms with Crippen molar-refractivity contribution in [1.82, 2.24) is 10.2 Å². The molecule has 0 aliphatic rings. The van der Waals surface area contributed by atoms with Gasteiger partial charge in [0.1, 0.15) is 0 Å². The fourth-order valence-corrected chi connectivity index (χ4v) is 0.823. The molecule has 1 unspecified atom stereocenters. The summed E-state index contributed by atoms with van der Waals surface area (Å²) < 4.78 is 0. The van der Waals surface area contributed by atoms with Crippen molar-refractivity contribution in [1.29, 1.82) is 0 Å². The summed E-state index contributed by atoms with van der Waals surface area (Å²) in [6.07, 6.45) is 0.730. The van der Waals surface area contributed by atoms with Gasteiger partial charge < -0.3 is 5.32 Å². The number of nitrogens with zero attached hydrogens (tertiary/aromatic N) is 1. The predicted octanol–water partition coefficient (Wildman–Crippen LogP) is 1.20. The van der Waals surface area contributed by atoms with Crippen LogP contribution in [0, 0.1) is 0 Å². The number of amides is 1. The molecule has 1 N–H and O–H groups in total. The molecule has 1 amide bonds. The van der Waals surface area contributed by atoms with Crippen LogP contribution in [0.2, 0.25) is 0 Å². The molecule has 0 heterocycles. The Morgan fingerprint density at radius 2 is 2.15 bits per heavy atom. The summed E-state index contributed by atoms with van der Waals surface area (Å²) in [5.74, 6) is -0.109. The van der Waals surface area contributed by atoms with E-state index in [2.05, 4.69) is 11.9 Å². The molecule has 0 aromatic carbocycles. The Kier molecular flexibility index (Phi) is 5.75. The molecule has 0 bridgehead atoms. The normalized spacial score (nSPS) is 12.7. The highest BCUT2D eigenvalue weighted by molar-refractivity contribution is 6.20. The van der Waals surface area contributed by atoms with Crippen molar-refractivity contribution in [3.05, 3.63) is 12.2 Å². The highest BCUT2D eigenvalue weighted by Crippen LogP contribution is 2.03. The lowest BCUT2D eigenvalue weighted by molar-refractivity contribution is -0.117. The first-order valence-corrected chi connectivity index (χ1v) is 4.63. The zero-order valence-electron chi connectivity index (χ0n) is 8.43. The third-order valence-corrected chi connectivity index (χ3v) is 2.22. The minimum absolute atomic E-state index is 0.0366. The number of halogens is 1. The van der Waals surface area contributed by atoms with Gasteiger partial charge in [-0.3, -0.25) is 9.69 Å². The summed E-state index contributed by atoms with van der Waals surface area (Å²) in [5, 5.41) is 2.72. The van der Waals surface area contributed by atoms with Crippen LogP contribution in [-0.2, 0) is 4.79 Å². The summed E-state index contributed by atoms with van der Waals surface area (Å²) in [6, 6.07) is 0. The molecule has 0 spiro atoms. The zero-order valence-corrected chi connectivity index (χ0v) is 9.19. The quantitative estimate of drug-likeness (QED) is 0.415. The average molecular weight is 205 g/mol. The predicted molar refractivity (Wildman–Crippen MR) is 55.8 cm³/mol. The van der Waals surface area contributed by atoms with Crippen LogP contribution in [0.4, 0.5) is 0 Å². The molecule has 0 saturated carbocycles. The van der Waals surface area contributed by atoms with Crippen molar-refractivity contribution in [3.63, 3.8) is 0 Å². The van der Waals surface area contributed by atoms with Crippen molar-refractivity contribution in [2.75, 3.05) is 20.6 Å². The second kappa shape index (κ2) is 6.00. The van der Waals surface area contributed by atoms with E-state index in [0.29, 0.717) is 12.1 Å². The van der Waals surface area contributed by atoms with E-state index < -0.39 is 0 Å². The molecule has 0 rings (SSSR count). The molecular formula is C9H17ClN2O. The third-order valence-electron chi connectivity index (χ3n) is 1.62. The van der Waals surface area contributed by atoms with Gasteiger partial charge in [0.25, 0.3) is 0 Å². The first-order valence-electron chi connectivity index (χ1n) is 4.19. The second-order valence-electron chi connectivity index (χ2n) is 3.22. The molecule has 1 atom stereocenters. The second-order valence-corrected chi connectivity index (χ2v) is 3.73. The van der Waals surface area contributed by atoms with Crippen LogP contribution in [0.15, 0.2) is 12.2 Å². The average Bonchev–Trinajstić information content (AvgIpc) is 2.03. The van der Waals surface area contributed by atoms with E-state index in [4.69, 9.17) is 11.6 Å². The van der Waals surface area contributed by atoms with Gasteiger partial charge in [0.15, 0.2) is 0 Å². The third kappa shape index (κ3) is 5.66. The van der Waals surface area contributed by atoms with Gasteiger partial charge >= 0.3 is 0 Å². The zero-order chi connectivity index (χ0) is 10.4. The minimum Gasteiger partial charge on any atom is -0.352 e. The van der Waals surface area contributed by atoms with Gasteiger partial charge in [-0.15, -0.1) is 11.6 Å². The number of carbonyl (C=O) groups excluding carboxylic acids is 1. The summed E-state index contributed by atoms with van der Waals surface area (Å²) >= 11 is 5.93. The van der Waals surface area contributed by atoms with Gasteiger partial charge in [0.05, 0.1) is 5.50 Å². The molecule has 0 aromatic rings. The fraction of sp³-hybridized carbons (Fsp3) is 0.667. The number of hydrogen-bond acceptors (Lipinski definition) is 2. The number of hydrogen-bond donors (Lipinski definition) is 1. The summed E-state index contributed by atoms with van der Waals surface area (Å²) in [7, 11) is 3.80. The minimum atomic E-state index is -0.109. The van der Waals surface area contributed by atoms with E-state index in [-0.39, 0.29) is 11.4 Å². The Bertz CT molecular complexity index is 192. The van der Waals surface area contributed by atoms with Gasteiger partial charge in [0, 0.05) is 12.1 Å². The Labute approximate surface area is 84.7 Å².